The molecule has 4 heterocycles. The summed E-state index contributed by atoms with van der Waals surface area (Å²) in [6, 6.07) is 7.41. The van der Waals surface area contributed by atoms with Crippen LogP contribution in [0, 0.1) is 0 Å². The molecule has 2 N–H and O–H groups in total. The number of amides is 1. The molecule has 0 unspecified atom stereocenters. The molecular weight excluding hydrogens is 424 g/mol. The third kappa shape index (κ3) is 3.98. The van der Waals surface area contributed by atoms with Crippen molar-refractivity contribution >= 4 is 11.6 Å². The zero-order valence-corrected chi connectivity index (χ0v) is 18.3. The van der Waals surface area contributed by atoms with E-state index < -0.39 is 0 Å². The van der Waals surface area contributed by atoms with Crippen molar-refractivity contribution < 1.29 is 14.6 Å². The van der Waals surface area contributed by atoms with E-state index >= 15 is 0 Å². The molecule has 4 aromatic rings. The van der Waals surface area contributed by atoms with Gasteiger partial charge in [0, 0.05) is 29.9 Å². The molecule has 170 valence electrons. The first-order valence-electron chi connectivity index (χ1n) is 10.7. The van der Waals surface area contributed by atoms with Gasteiger partial charge in [-0.2, -0.15) is 15.3 Å². The average Bonchev–Trinajstić information content (AvgIpc) is 3.52. The highest BCUT2D eigenvalue weighted by Gasteiger charge is 2.22. The number of fused-ring (bicyclic) bond motifs is 3. The Morgan fingerprint density at radius 3 is 2.97 bits per heavy atom. The number of ether oxygens (including phenoxy) is 1. The van der Waals surface area contributed by atoms with Gasteiger partial charge in [0.25, 0.3) is 5.91 Å². The van der Waals surface area contributed by atoms with Gasteiger partial charge in [-0.05, 0) is 38.1 Å². The lowest BCUT2D eigenvalue weighted by Crippen LogP contribution is -2.12. The number of benzene rings is 1. The van der Waals surface area contributed by atoms with E-state index in [-0.39, 0.29) is 18.6 Å². The zero-order chi connectivity index (χ0) is 22.9. The van der Waals surface area contributed by atoms with Crippen LogP contribution >= 0.6 is 0 Å². The number of rotatable bonds is 6. The van der Waals surface area contributed by atoms with Crippen LogP contribution in [0.5, 0.6) is 5.75 Å². The van der Waals surface area contributed by atoms with Crippen LogP contribution in [0.3, 0.4) is 0 Å². The maximum absolute atomic E-state index is 12.9. The van der Waals surface area contributed by atoms with E-state index in [1.165, 1.54) is 6.33 Å². The average molecular weight is 448 g/mol. The van der Waals surface area contributed by atoms with E-state index in [0.717, 1.165) is 11.4 Å². The summed E-state index contributed by atoms with van der Waals surface area (Å²) in [6.07, 6.45) is 5.41. The molecule has 0 radical (unpaired) electrons. The first-order chi connectivity index (χ1) is 16.0. The van der Waals surface area contributed by atoms with Crippen LogP contribution in [-0.4, -0.2) is 58.6 Å². The molecule has 0 saturated carbocycles. The van der Waals surface area contributed by atoms with Gasteiger partial charge in [0.15, 0.2) is 5.82 Å². The van der Waals surface area contributed by atoms with E-state index in [0.29, 0.717) is 48.1 Å². The predicted octanol–water partition coefficient (Wildman–Crippen LogP) is 2.09. The number of aliphatic hydroxyl groups is 1. The highest BCUT2D eigenvalue weighted by atomic mass is 16.5. The van der Waals surface area contributed by atoms with Crippen molar-refractivity contribution in [3.8, 4) is 23.0 Å². The normalized spacial score (nSPS) is 12.7. The molecular formula is C22H24N8O3. The predicted molar refractivity (Wildman–Crippen MR) is 119 cm³/mol. The summed E-state index contributed by atoms with van der Waals surface area (Å²) in [5.41, 5.74) is 3.38. The number of anilines is 1. The Bertz CT molecular complexity index is 1300. The molecule has 11 heteroatoms. The van der Waals surface area contributed by atoms with E-state index in [4.69, 9.17) is 14.9 Å². The van der Waals surface area contributed by atoms with Gasteiger partial charge in [0.05, 0.1) is 31.6 Å². The lowest BCUT2D eigenvalue weighted by Gasteiger charge is -2.11. The van der Waals surface area contributed by atoms with Crippen LogP contribution in [0.2, 0.25) is 0 Å². The van der Waals surface area contributed by atoms with Crippen LogP contribution in [-0.2, 0) is 13.0 Å². The minimum atomic E-state index is -0.279. The Morgan fingerprint density at radius 2 is 2.15 bits per heavy atom. The van der Waals surface area contributed by atoms with Gasteiger partial charge < -0.3 is 15.2 Å². The topological polar surface area (TPSA) is 125 Å². The number of hydrogen-bond donors (Lipinski definition) is 2. The van der Waals surface area contributed by atoms with Crippen molar-refractivity contribution in [3.05, 3.63) is 54.2 Å². The molecule has 0 spiro atoms. The van der Waals surface area contributed by atoms with Gasteiger partial charge in [-0.15, -0.1) is 0 Å². The van der Waals surface area contributed by atoms with Gasteiger partial charge in [0.1, 0.15) is 23.5 Å². The molecule has 1 amide bonds. The number of carbonyl (C=O) groups excluding carboxylic acids is 1. The summed E-state index contributed by atoms with van der Waals surface area (Å²) in [4.78, 5) is 17.3. The number of hydrogen-bond acceptors (Lipinski definition) is 7. The molecule has 3 aromatic heterocycles. The third-order valence-corrected chi connectivity index (χ3v) is 5.36. The molecule has 0 bridgehead atoms. The SMILES string of the molecule is CC(C)n1ncnc1-c1cc2n(n1)-c1cc(C(=O)Nc3cnn(CCO)c3)ccc1OCC2. The van der Waals surface area contributed by atoms with Crippen LogP contribution in [0.15, 0.2) is 43.0 Å². The van der Waals surface area contributed by atoms with E-state index in [1.54, 1.807) is 35.3 Å². The van der Waals surface area contributed by atoms with E-state index in [9.17, 15) is 4.79 Å². The van der Waals surface area contributed by atoms with E-state index in [1.807, 2.05) is 29.3 Å². The van der Waals surface area contributed by atoms with Crippen molar-refractivity contribution in [2.75, 3.05) is 18.5 Å². The maximum atomic E-state index is 12.9. The second kappa shape index (κ2) is 8.51. The van der Waals surface area contributed by atoms with Crippen LogP contribution in [0.25, 0.3) is 17.2 Å². The summed E-state index contributed by atoms with van der Waals surface area (Å²) >= 11 is 0. The highest BCUT2D eigenvalue weighted by Crippen LogP contribution is 2.31. The second-order valence-electron chi connectivity index (χ2n) is 8.01. The molecule has 0 fully saturated rings. The van der Waals surface area contributed by atoms with Gasteiger partial charge in [-0.25, -0.2) is 14.3 Å². The van der Waals surface area contributed by atoms with Gasteiger partial charge in [0.2, 0.25) is 0 Å². The molecule has 33 heavy (non-hydrogen) atoms. The summed E-state index contributed by atoms with van der Waals surface area (Å²) in [7, 11) is 0. The van der Waals surface area contributed by atoms with Gasteiger partial charge in [-0.3, -0.25) is 9.48 Å². The smallest absolute Gasteiger partial charge is 0.255 e. The van der Waals surface area contributed by atoms with Gasteiger partial charge >= 0.3 is 0 Å². The minimum Gasteiger partial charge on any atom is -0.491 e. The number of carbonyl (C=O) groups is 1. The standard InChI is InChI=1S/C22H24N8O3/c1-14(2)29-21(23-13-25-29)18-10-17-5-8-33-20-4-3-15(9-19(20)30(17)27-18)22(32)26-16-11-24-28(12-16)6-7-31/h3-4,9-14,31H,5-8H2,1-2H3,(H,26,32). The third-order valence-electron chi connectivity index (χ3n) is 5.36. The monoisotopic (exact) mass is 448 g/mol. The van der Waals surface area contributed by atoms with Crippen molar-refractivity contribution in [2.45, 2.75) is 32.9 Å². The number of nitrogens with one attached hydrogen (secondary N) is 1. The fraction of sp³-hybridized carbons (Fsp3) is 0.318. The Kier molecular flexibility index (Phi) is 5.38. The van der Waals surface area contributed by atoms with E-state index in [2.05, 4.69) is 20.5 Å². The van der Waals surface area contributed by atoms with Crippen LogP contribution < -0.4 is 10.1 Å². The summed E-state index contributed by atoms with van der Waals surface area (Å²) in [6.45, 7) is 4.93. The Labute approximate surface area is 189 Å². The molecule has 1 aromatic carbocycles. The summed E-state index contributed by atoms with van der Waals surface area (Å²) in [5.74, 6) is 1.07. The van der Waals surface area contributed by atoms with Crippen molar-refractivity contribution in [2.24, 2.45) is 0 Å². The van der Waals surface area contributed by atoms with Crippen molar-refractivity contribution in [1.29, 1.82) is 0 Å². The molecule has 0 aliphatic carbocycles. The fourth-order valence-electron chi connectivity index (χ4n) is 3.79. The largest absolute Gasteiger partial charge is 0.491 e. The Hall–Kier alpha value is -3.99. The Morgan fingerprint density at radius 1 is 1.27 bits per heavy atom. The first kappa shape index (κ1) is 20.9. The number of aromatic nitrogens is 7. The molecule has 0 saturated heterocycles. The maximum Gasteiger partial charge on any atom is 0.255 e. The molecule has 5 rings (SSSR count). The molecule has 11 nitrogen and oxygen atoms in total. The summed E-state index contributed by atoms with van der Waals surface area (Å²) < 4.78 is 11.1. The molecule has 1 aliphatic heterocycles. The highest BCUT2D eigenvalue weighted by molar-refractivity contribution is 6.04. The summed E-state index contributed by atoms with van der Waals surface area (Å²) in [5, 5.41) is 25.1. The lowest BCUT2D eigenvalue weighted by atomic mass is 10.1. The fourth-order valence-corrected chi connectivity index (χ4v) is 3.79. The van der Waals surface area contributed by atoms with Crippen LogP contribution in [0.1, 0.15) is 35.9 Å². The number of nitrogens with zero attached hydrogens (tertiary/aromatic N) is 7. The van der Waals surface area contributed by atoms with Gasteiger partial charge in [-0.1, -0.05) is 0 Å². The second-order valence-corrected chi connectivity index (χ2v) is 8.01. The van der Waals surface area contributed by atoms with Crippen molar-refractivity contribution in [1.82, 2.24) is 34.3 Å². The number of aliphatic hydroxyl groups excluding tert-OH is 1. The van der Waals surface area contributed by atoms with Crippen molar-refractivity contribution in [3.63, 3.8) is 0 Å². The lowest BCUT2D eigenvalue weighted by molar-refractivity contribution is 0.102. The molecule has 1 aliphatic rings. The molecule has 0 atom stereocenters. The minimum absolute atomic E-state index is 0.0262. The first-order valence-corrected chi connectivity index (χ1v) is 10.7. The Balaban J connectivity index is 1.48. The quantitative estimate of drug-likeness (QED) is 0.463. The van der Waals surface area contributed by atoms with Crippen LogP contribution in [0.4, 0.5) is 5.69 Å². The zero-order valence-electron chi connectivity index (χ0n) is 18.3.